The van der Waals surface area contributed by atoms with Gasteiger partial charge in [-0.15, -0.1) is 0 Å². The maximum atomic E-state index is 9.90. The Bertz CT molecular complexity index is 269. The molecule has 0 radical (unpaired) electrons. The van der Waals surface area contributed by atoms with Crippen LogP contribution < -0.4 is 0 Å². The minimum Gasteiger partial charge on any atom is -0.493 e. The van der Waals surface area contributed by atoms with Crippen molar-refractivity contribution in [3.05, 3.63) is 12.3 Å². The van der Waals surface area contributed by atoms with Gasteiger partial charge in [0.2, 0.25) is 0 Å². The zero-order valence-corrected chi connectivity index (χ0v) is 12.3. The lowest BCUT2D eigenvalue weighted by Gasteiger charge is -2.20. The summed E-state index contributed by atoms with van der Waals surface area (Å²) < 4.78 is 10.7. The van der Waals surface area contributed by atoms with Gasteiger partial charge in [-0.25, -0.2) is 0 Å². The number of hydrogen-bond donors (Lipinski definition) is 3. The number of hydrogen-bond acceptors (Lipinski definition) is 5. The molecule has 20 heavy (non-hydrogen) atoms. The molecule has 0 unspecified atom stereocenters. The lowest BCUT2D eigenvalue weighted by atomic mass is 10.1. The predicted octanol–water partition coefficient (Wildman–Crippen LogP) is 1.36. The molecule has 118 valence electrons. The van der Waals surface area contributed by atoms with Crippen LogP contribution in [0.2, 0.25) is 0 Å². The maximum absolute atomic E-state index is 9.90. The van der Waals surface area contributed by atoms with Crippen molar-refractivity contribution in [3.8, 4) is 0 Å². The van der Waals surface area contributed by atoms with Gasteiger partial charge in [0.1, 0.15) is 24.4 Å². The minimum absolute atomic E-state index is 0.226. The average Bonchev–Trinajstić information content (AvgIpc) is 2.82. The number of rotatable bonds is 10. The van der Waals surface area contributed by atoms with Gasteiger partial charge in [0, 0.05) is 0 Å². The van der Waals surface area contributed by atoms with E-state index in [1.54, 1.807) is 6.26 Å². The molecule has 0 aromatic rings. The van der Waals surface area contributed by atoms with Crippen LogP contribution in [0.5, 0.6) is 0 Å². The van der Waals surface area contributed by atoms with Gasteiger partial charge in [-0.1, -0.05) is 32.6 Å². The smallest absolute Gasteiger partial charge is 0.149 e. The Morgan fingerprint density at radius 3 is 2.75 bits per heavy atom. The summed E-state index contributed by atoms with van der Waals surface area (Å²) >= 11 is 0. The van der Waals surface area contributed by atoms with Crippen molar-refractivity contribution in [3.63, 3.8) is 0 Å². The summed E-state index contributed by atoms with van der Waals surface area (Å²) in [6.07, 6.45) is 7.50. The molecule has 0 spiro atoms. The minimum atomic E-state index is -1.07. The Hall–Kier alpha value is -0.620. The van der Waals surface area contributed by atoms with Crippen molar-refractivity contribution in [1.82, 2.24) is 0 Å². The Morgan fingerprint density at radius 2 is 2.05 bits per heavy atom. The van der Waals surface area contributed by atoms with Crippen LogP contribution in [0.25, 0.3) is 0 Å². The van der Waals surface area contributed by atoms with Gasteiger partial charge in [0.25, 0.3) is 0 Å². The molecule has 0 amide bonds. The van der Waals surface area contributed by atoms with Gasteiger partial charge in [-0.05, 0) is 18.9 Å². The Morgan fingerprint density at radius 1 is 1.30 bits per heavy atom. The molecule has 0 aliphatic carbocycles. The normalized spacial score (nSPS) is 28.1. The summed E-state index contributed by atoms with van der Waals surface area (Å²) in [5, 5.41) is 28.2. The van der Waals surface area contributed by atoms with Crippen LogP contribution in [-0.4, -0.2) is 52.9 Å². The van der Waals surface area contributed by atoms with E-state index in [0.29, 0.717) is 0 Å². The molecule has 5 nitrogen and oxygen atoms in total. The van der Waals surface area contributed by atoms with Crippen LogP contribution in [0, 0.1) is 0 Å². The summed E-state index contributed by atoms with van der Waals surface area (Å²) in [4.78, 5) is 0. The fraction of sp³-hybridized carbons (Fsp3) is 0.867. The quantitative estimate of drug-likeness (QED) is 0.418. The van der Waals surface area contributed by atoms with Crippen molar-refractivity contribution in [2.75, 3.05) is 13.2 Å². The lowest BCUT2D eigenvalue weighted by Crippen LogP contribution is -2.40. The molecule has 1 aliphatic heterocycles. The lowest BCUT2D eigenvalue weighted by molar-refractivity contribution is -0.0689. The molecule has 5 heteroatoms. The van der Waals surface area contributed by atoms with Gasteiger partial charge in [0.15, 0.2) is 0 Å². The van der Waals surface area contributed by atoms with Crippen LogP contribution in [-0.2, 0) is 9.47 Å². The van der Waals surface area contributed by atoms with Gasteiger partial charge in [0.05, 0.1) is 19.5 Å². The highest BCUT2D eigenvalue weighted by Crippen LogP contribution is 2.20. The van der Waals surface area contributed by atoms with E-state index < -0.39 is 31.0 Å². The average molecular weight is 288 g/mol. The third-order valence-corrected chi connectivity index (χ3v) is 3.56. The summed E-state index contributed by atoms with van der Waals surface area (Å²) in [6.45, 7) is 2.00. The van der Waals surface area contributed by atoms with Crippen molar-refractivity contribution in [2.45, 2.75) is 69.9 Å². The van der Waals surface area contributed by atoms with Crippen LogP contribution >= 0.6 is 0 Å². The van der Waals surface area contributed by atoms with Crippen LogP contribution in [0.1, 0.15) is 45.4 Å². The maximum Gasteiger partial charge on any atom is 0.149 e. The van der Waals surface area contributed by atoms with Crippen molar-refractivity contribution in [1.29, 1.82) is 0 Å². The molecule has 1 aliphatic rings. The number of ether oxygens (including phenoxy) is 2. The van der Waals surface area contributed by atoms with Crippen molar-refractivity contribution >= 4 is 0 Å². The Kier molecular flexibility index (Phi) is 8.85. The molecule has 1 saturated heterocycles. The monoisotopic (exact) mass is 288 g/mol. The summed E-state index contributed by atoms with van der Waals surface area (Å²) in [6, 6.07) is 0. The van der Waals surface area contributed by atoms with Gasteiger partial charge >= 0.3 is 0 Å². The van der Waals surface area contributed by atoms with Gasteiger partial charge in [-0.3, -0.25) is 0 Å². The van der Waals surface area contributed by atoms with E-state index in [2.05, 4.69) is 6.92 Å². The molecule has 0 aromatic carbocycles. The summed E-state index contributed by atoms with van der Waals surface area (Å²) in [7, 11) is 0. The Balaban J connectivity index is 2.13. The van der Waals surface area contributed by atoms with E-state index in [9.17, 15) is 10.2 Å². The fourth-order valence-electron chi connectivity index (χ4n) is 2.27. The number of allylic oxidation sites excluding steroid dienone is 1. The first-order valence-electron chi connectivity index (χ1n) is 7.59. The number of aliphatic hydroxyl groups is 3. The molecule has 3 N–H and O–H groups in total. The molecule has 0 saturated carbocycles. The molecule has 4 atom stereocenters. The fourth-order valence-corrected chi connectivity index (χ4v) is 2.27. The van der Waals surface area contributed by atoms with E-state index in [0.717, 1.165) is 12.8 Å². The highest BCUT2D eigenvalue weighted by Gasteiger charge is 2.40. The van der Waals surface area contributed by atoms with Crippen LogP contribution in [0.3, 0.4) is 0 Å². The second-order valence-corrected chi connectivity index (χ2v) is 5.29. The van der Waals surface area contributed by atoms with Crippen LogP contribution in [0.15, 0.2) is 12.3 Å². The van der Waals surface area contributed by atoms with E-state index >= 15 is 0 Å². The number of unbranched alkanes of at least 4 members (excludes halogenated alkanes) is 5. The second kappa shape index (κ2) is 10.2. The molecule has 1 fully saturated rings. The summed E-state index contributed by atoms with van der Waals surface area (Å²) in [5.74, 6) is 0. The molecule has 1 rings (SSSR count). The number of aliphatic hydroxyl groups excluding tert-OH is 3. The highest BCUT2D eigenvalue weighted by atomic mass is 16.6. The highest BCUT2D eigenvalue weighted by molar-refractivity contribution is 4.90. The zero-order valence-electron chi connectivity index (χ0n) is 12.3. The summed E-state index contributed by atoms with van der Waals surface area (Å²) in [5.41, 5.74) is 0. The van der Waals surface area contributed by atoms with Crippen molar-refractivity contribution < 1.29 is 24.8 Å². The van der Waals surface area contributed by atoms with Gasteiger partial charge in [-0.2, -0.15) is 0 Å². The molecule has 0 aromatic heterocycles. The molecular formula is C15H28O5. The molecule has 0 bridgehead atoms. The first-order valence-corrected chi connectivity index (χ1v) is 7.59. The van der Waals surface area contributed by atoms with E-state index in [1.165, 1.54) is 25.7 Å². The zero-order chi connectivity index (χ0) is 14.8. The standard InChI is InChI=1S/C15H28O5/c1-2-3-4-5-6-7-8-9-19-13-11-20-15(14(13)18)12(17)10-16/h8-9,12-18H,2-7,10-11H2,1H3/b9-8+/t12-,13+,14+,15+/m1/s1. The first kappa shape index (κ1) is 17.4. The SMILES string of the molecule is CCCCCCC/C=C/O[C@H]1CO[C@@H]([C@H](O)CO)[C@H]1O. The van der Waals surface area contributed by atoms with Crippen LogP contribution in [0.4, 0.5) is 0 Å². The van der Waals surface area contributed by atoms with E-state index in [-0.39, 0.29) is 6.61 Å². The van der Waals surface area contributed by atoms with E-state index in [1.807, 2.05) is 6.08 Å². The predicted molar refractivity (Wildman–Crippen MR) is 76.2 cm³/mol. The van der Waals surface area contributed by atoms with E-state index in [4.69, 9.17) is 14.6 Å². The Labute approximate surface area is 121 Å². The van der Waals surface area contributed by atoms with Gasteiger partial charge < -0.3 is 24.8 Å². The molecular weight excluding hydrogens is 260 g/mol. The topological polar surface area (TPSA) is 79.2 Å². The third kappa shape index (κ3) is 5.79. The molecule has 1 heterocycles. The second-order valence-electron chi connectivity index (χ2n) is 5.29. The van der Waals surface area contributed by atoms with Crippen molar-refractivity contribution in [2.24, 2.45) is 0 Å². The third-order valence-electron chi connectivity index (χ3n) is 3.56. The largest absolute Gasteiger partial charge is 0.493 e. The first-order chi connectivity index (χ1) is 9.70.